The third kappa shape index (κ3) is 47.2. The number of hydrogen-bond acceptors (Lipinski definition) is 8. The first-order chi connectivity index (χ1) is 30.0. The zero-order valence-electron chi connectivity index (χ0n) is 40.6. The number of carbonyl (C=O) groups is 2. The summed E-state index contributed by atoms with van der Waals surface area (Å²) in [5, 5.41) is 0. The number of carbonyl (C=O) groups excluding carboxylic acids is 2. The van der Waals surface area contributed by atoms with Gasteiger partial charge in [0.05, 0.1) is 27.7 Å². The molecular formula is C52H94NO8P. The third-order valence-corrected chi connectivity index (χ3v) is 11.5. The average Bonchev–Trinajstić information content (AvgIpc) is 3.23. The van der Waals surface area contributed by atoms with Gasteiger partial charge in [0.1, 0.15) is 19.8 Å². The van der Waals surface area contributed by atoms with Crippen molar-refractivity contribution in [3.05, 3.63) is 60.8 Å². The van der Waals surface area contributed by atoms with E-state index in [9.17, 15) is 19.0 Å². The molecule has 0 radical (unpaired) electrons. The highest BCUT2D eigenvalue weighted by Gasteiger charge is 2.21. The van der Waals surface area contributed by atoms with E-state index < -0.39 is 26.5 Å². The Hall–Kier alpha value is -2.29. The van der Waals surface area contributed by atoms with Crippen LogP contribution in [-0.2, 0) is 32.7 Å². The minimum absolute atomic E-state index is 0.0331. The van der Waals surface area contributed by atoms with Crippen LogP contribution in [0.4, 0.5) is 0 Å². The molecule has 62 heavy (non-hydrogen) atoms. The number of quaternary nitrogens is 1. The van der Waals surface area contributed by atoms with E-state index in [0.717, 1.165) is 77.0 Å². The maximum absolute atomic E-state index is 12.7. The predicted octanol–water partition coefficient (Wildman–Crippen LogP) is 14.2. The molecule has 0 amide bonds. The number of phosphoric acid groups is 1. The smallest absolute Gasteiger partial charge is 0.306 e. The Bertz CT molecular complexity index is 1240. The lowest BCUT2D eigenvalue weighted by Crippen LogP contribution is -2.37. The first-order valence-corrected chi connectivity index (χ1v) is 26.5. The molecule has 9 nitrogen and oxygen atoms in total. The maximum Gasteiger partial charge on any atom is 0.306 e. The van der Waals surface area contributed by atoms with E-state index in [-0.39, 0.29) is 32.0 Å². The van der Waals surface area contributed by atoms with E-state index in [0.29, 0.717) is 17.4 Å². The first kappa shape index (κ1) is 59.7. The molecular weight excluding hydrogens is 798 g/mol. The molecule has 0 aliphatic carbocycles. The number of likely N-dealkylation sites (N-methyl/N-ethyl adjacent to an activating group) is 1. The van der Waals surface area contributed by atoms with Gasteiger partial charge in [-0.1, -0.05) is 197 Å². The summed E-state index contributed by atoms with van der Waals surface area (Å²) in [4.78, 5) is 37.7. The summed E-state index contributed by atoms with van der Waals surface area (Å²) in [5.41, 5.74) is 0. The number of rotatable bonds is 45. The standard InChI is InChI=1S/C52H94NO8P/c1-6-8-10-12-14-16-18-20-21-22-23-24-25-26-27-28-29-30-31-33-35-37-39-41-43-45-52(55)61-50(49-60-62(56,57)59-47-46-53(3,4)5)48-58-51(54)44-42-40-38-36-34-32-19-17-15-13-11-9-7-2/h8,10,14,16,20-21,23-24,26-27,50H,6-7,9,11-13,15,17-19,22,25,28-49H2,1-5H3/b10-8-,16-14-,21-20-,24-23-,27-26-. The second-order valence-electron chi connectivity index (χ2n) is 17.8. The van der Waals surface area contributed by atoms with Gasteiger partial charge in [0, 0.05) is 12.8 Å². The van der Waals surface area contributed by atoms with Crippen molar-refractivity contribution in [2.24, 2.45) is 0 Å². The molecule has 0 aromatic carbocycles. The molecule has 10 heteroatoms. The topological polar surface area (TPSA) is 111 Å². The highest BCUT2D eigenvalue weighted by molar-refractivity contribution is 7.45. The lowest BCUT2D eigenvalue weighted by Gasteiger charge is -2.28. The molecule has 0 rings (SSSR count). The lowest BCUT2D eigenvalue weighted by atomic mass is 10.0. The van der Waals surface area contributed by atoms with Crippen LogP contribution in [0.1, 0.15) is 206 Å². The summed E-state index contributed by atoms with van der Waals surface area (Å²) in [6.45, 7) is 4.11. The van der Waals surface area contributed by atoms with Gasteiger partial charge in [-0.25, -0.2) is 0 Å². The number of phosphoric ester groups is 1. The van der Waals surface area contributed by atoms with Gasteiger partial charge in [0.2, 0.25) is 0 Å². The van der Waals surface area contributed by atoms with Crippen LogP contribution in [0.2, 0.25) is 0 Å². The van der Waals surface area contributed by atoms with Crippen LogP contribution in [0.15, 0.2) is 60.8 Å². The third-order valence-electron chi connectivity index (χ3n) is 10.6. The second-order valence-corrected chi connectivity index (χ2v) is 19.2. The molecule has 0 aromatic rings. The molecule has 0 aromatic heterocycles. The summed E-state index contributed by atoms with van der Waals surface area (Å²) in [6.07, 6.45) is 53.9. The van der Waals surface area contributed by atoms with E-state index in [1.807, 2.05) is 21.1 Å². The van der Waals surface area contributed by atoms with Crippen LogP contribution in [0.25, 0.3) is 0 Å². The molecule has 0 N–H and O–H groups in total. The van der Waals surface area contributed by atoms with Crippen molar-refractivity contribution < 1.29 is 42.1 Å². The fourth-order valence-electron chi connectivity index (χ4n) is 6.68. The van der Waals surface area contributed by atoms with Gasteiger partial charge in [0.15, 0.2) is 6.10 Å². The Balaban J connectivity index is 4.24. The molecule has 0 saturated heterocycles. The van der Waals surface area contributed by atoms with Crippen molar-refractivity contribution >= 4 is 19.8 Å². The zero-order valence-corrected chi connectivity index (χ0v) is 41.4. The number of allylic oxidation sites excluding steroid dienone is 10. The largest absolute Gasteiger partial charge is 0.756 e. The summed E-state index contributed by atoms with van der Waals surface area (Å²) in [6, 6.07) is 0. The highest BCUT2D eigenvalue weighted by Crippen LogP contribution is 2.38. The van der Waals surface area contributed by atoms with Crippen LogP contribution in [0.5, 0.6) is 0 Å². The zero-order chi connectivity index (χ0) is 45.7. The van der Waals surface area contributed by atoms with Crippen molar-refractivity contribution in [1.82, 2.24) is 0 Å². The molecule has 0 heterocycles. The molecule has 2 unspecified atom stereocenters. The van der Waals surface area contributed by atoms with Gasteiger partial charge in [0.25, 0.3) is 7.82 Å². The summed E-state index contributed by atoms with van der Waals surface area (Å²) < 4.78 is 34.0. The average molecular weight is 892 g/mol. The van der Waals surface area contributed by atoms with Gasteiger partial charge in [-0.3, -0.25) is 14.2 Å². The fourth-order valence-corrected chi connectivity index (χ4v) is 7.41. The first-order valence-electron chi connectivity index (χ1n) is 25.0. The number of unbranched alkanes of at least 4 members (excludes halogenated alkanes) is 21. The van der Waals surface area contributed by atoms with Crippen LogP contribution < -0.4 is 4.89 Å². The molecule has 0 aliphatic rings. The molecule has 0 aliphatic heterocycles. The quantitative estimate of drug-likeness (QED) is 0.0195. The van der Waals surface area contributed by atoms with E-state index in [1.165, 1.54) is 96.3 Å². The molecule has 0 bridgehead atoms. The molecule has 360 valence electrons. The monoisotopic (exact) mass is 892 g/mol. The number of hydrogen-bond donors (Lipinski definition) is 0. The van der Waals surface area contributed by atoms with Crippen LogP contribution in [0.3, 0.4) is 0 Å². The van der Waals surface area contributed by atoms with Crippen LogP contribution in [-0.4, -0.2) is 70.0 Å². The lowest BCUT2D eigenvalue weighted by molar-refractivity contribution is -0.870. The number of nitrogens with zero attached hydrogens (tertiary/aromatic N) is 1. The molecule has 0 spiro atoms. The Morgan fingerprint density at radius 3 is 1.37 bits per heavy atom. The van der Waals surface area contributed by atoms with Crippen molar-refractivity contribution in [3.63, 3.8) is 0 Å². The van der Waals surface area contributed by atoms with Crippen LogP contribution in [0, 0.1) is 0 Å². The minimum Gasteiger partial charge on any atom is -0.756 e. The number of esters is 2. The maximum atomic E-state index is 12.7. The Morgan fingerprint density at radius 1 is 0.516 bits per heavy atom. The van der Waals surface area contributed by atoms with Gasteiger partial charge < -0.3 is 27.9 Å². The van der Waals surface area contributed by atoms with Crippen molar-refractivity contribution in [1.29, 1.82) is 0 Å². The minimum atomic E-state index is -4.63. The summed E-state index contributed by atoms with van der Waals surface area (Å²) in [7, 11) is 1.16. The SMILES string of the molecule is CC/C=C\C/C=C\C/C=C\C/C=C\C/C=C\CCCCCCCCCCCC(=O)OC(COC(=O)CCCCCCCCCCCCCCC)COP(=O)([O-])OCC[N+](C)(C)C. The van der Waals surface area contributed by atoms with Gasteiger partial charge >= 0.3 is 11.9 Å². The number of ether oxygens (including phenoxy) is 2. The summed E-state index contributed by atoms with van der Waals surface area (Å²) >= 11 is 0. The molecule has 2 atom stereocenters. The van der Waals surface area contributed by atoms with Crippen molar-refractivity contribution in [3.8, 4) is 0 Å². The van der Waals surface area contributed by atoms with Crippen molar-refractivity contribution in [2.75, 3.05) is 47.5 Å². The Morgan fingerprint density at radius 2 is 0.919 bits per heavy atom. The fraction of sp³-hybridized carbons (Fsp3) is 0.769. The predicted molar refractivity (Wildman–Crippen MR) is 259 cm³/mol. The normalized spacial score (nSPS) is 14.0. The van der Waals surface area contributed by atoms with E-state index in [1.54, 1.807) is 0 Å². The van der Waals surface area contributed by atoms with Gasteiger partial charge in [-0.2, -0.15) is 0 Å². The molecule has 0 fully saturated rings. The highest BCUT2D eigenvalue weighted by atomic mass is 31.2. The van der Waals surface area contributed by atoms with E-state index in [2.05, 4.69) is 74.6 Å². The van der Waals surface area contributed by atoms with Gasteiger partial charge in [-0.15, -0.1) is 0 Å². The van der Waals surface area contributed by atoms with Gasteiger partial charge in [-0.05, 0) is 57.8 Å². The van der Waals surface area contributed by atoms with E-state index >= 15 is 0 Å². The Kier molecular flexibility index (Phi) is 42.3. The Labute approximate surface area is 381 Å². The van der Waals surface area contributed by atoms with Crippen molar-refractivity contribution in [2.45, 2.75) is 213 Å². The second kappa shape index (κ2) is 43.9. The van der Waals surface area contributed by atoms with Crippen LogP contribution >= 0.6 is 7.82 Å². The van der Waals surface area contributed by atoms with E-state index in [4.69, 9.17) is 18.5 Å². The summed E-state index contributed by atoms with van der Waals surface area (Å²) in [5.74, 6) is -0.839. The molecule has 0 saturated carbocycles.